The standard InChI is InChI=1S/C25H18Cl2NO2P.ClH/c26-23(27)25(28-24(29)22-17-10-18-30-22)31(19-11-4-1-5-12-19,20-13-6-2-7-14-20)21-15-8-3-9-16-21;/h1-18H;1H. The number of carbonyl (C=O) groups is 1. The minimum atomic E-state index is -2.63. The summed E-state index contributed by atoms with van der Waals surface area (Å²) in [7, 11) is -2.63. The lowest BCUT2D eigenvalue weighted by Crippen LogP contribution is -3.00. The number of nitrogens with one attached hydrogen (secondary N) is 1. The third kappa shape index (κ3) is 4.62. The third-order valence-electron chi connectivity index (χ3n) is 4.92. The van der Waals surface area contributed by atoms with Crippen LogP contribution in [0, 0.1) is 0 Å². The molecule has 1 N–H and O–H groups in total. The van der Waals surface area contributed by atoms with Gasteiger partial charge >= 0.3 is 0 Å². The van der Waals surface area contributed by atoms with Gasteiger partial charge in [-0.15, -0.1) is 0 Å². The fraction of sp³-hybridized carbons (Fsp3) is 0. The van der Waals surface area contributed by atoms with E-state index in [1.54, 1.807) is 12.1 Å². The predicted octanol–water partition coefficient (Wildman–Crippen LogP) is 2.61. The van der Waals surface area contributed by atoms with Crippen molar-refractivity contribution in [3.63, 3.8) is 0 Å². The Kier molecular flexibility index (Phi) is 8.17. The second-order valence-corrected chi connectivity index (χ2v) is 11.0. The van der Waals surface area contributed by atoms with Crippen molar-refractivity contribution in [2.45, 2.75) is 0 Å². The van der Waals surface area contributed by atoms with Gasteiger partial charge < -0.3 is 16.8 Å². The molecule has 7 heteroatoms. The highest BCUT2D eigenvalue weighted by molar-refractivity contribution is 7.99. The topological polar surface area (TPSA) is 42.2 Å². The molecule has 0 unspecified atom stereocenters. The molecule has 0 radical (unpaired) electrons. The van der Waals surface area contributed by atoms with E-state index in [1.165, 1.54) is 6.26 Å². The average Bonchev–Trinajstić information content (AvgIpc) is 3.36. The molecule has 32 heavy (non-hydrogen) atoms. The smallest absolute Gasteiger partial charge is 0.293 e. The molecule has 0 spiro atoms. The van der Waals surface area contributed by atoms with Gasteiger partial charge in [-0.2, -0.15) is 0 Å². The second kappa shape index (κ2) is 10.8. The first-order chi connectivity index (χ1) is 15.1. The highest BCUT2D eigenvalue weighted by Crippen LogP contribution is 2.63. The van der Waals surface area contributed by atoms with Gasteiger partial charge in [0.2, 0.25) is 5.44 Å². The van der Waals surface area contributed by atoms with Gasteiger partial charge in [0.15, 0.2) is 17.5 Å². The number of furan rings is 1. The molecule has 0 atom stereocenters. The summed E-state index contributed by atoms with van der Waals surface area (Å²) < 4.78 is 5.30. The maximum Gasteiger partial charge on any atom is 0.293 e. The molecule has 3 nitrogen and oxygen atoms in total. The predicted molar refractivity (Wildman–Crippen MR) is 130 cm³/mol. The van der Waals surface area contributed by atoms with E-state index in [4.69, 9.17) is 27.6 Å². The summed E-state index contributed by atoms with van der Waals surface area (Å²) in [6.45, 7) is 0. The highest BCUT2D eigenvalue weighted by Gasteiger charge is 2.52. The number of hydrogen-bond donors (Lipinski definition) is 1. The normalized spacial score (nSPS) is 10.7. The Balaban J connectivity index is 0.00000289. The van der Waals surface area contributed by atoms with E-state index in [9.17, 15) is 4.79 Å². The van der Waals surface area contributed by atoms with Crippen LogP contribution in [0.4, 0.5) is 0 Å². The molecule has 3 aromatic carbocycles. The van der Waals surface area contributed by atoms with Gasteiger partial charge in [-0.1, -0.05) is 77.8 Å². The Hall–Kier alpha value is -2.55. The molecule has 0 saturated heterocycles. The van der Waals surface area contributed by atoms with Crippen LogP contribution in [0.5, 0.6) is 0 Å². The van der Waals surface area contributed by atoms with Crippen LogP contribution >= 0.6 is 30.5 Å². The molecular formula is C25H19Cl3NO2P. The van der Waals surface area contributed by atoms with Crippen LogP contribution < -0.4 is 33.6 Å². The van der Waals surface area contributed by atoms with Crippen LogP contribution in [-0.4, -0.2) is 5.91 Å². The molecule has 1 heterocycles. The van der Waals surface area contributed by atoms with E-state index in [2.05, 4.69) is 5.32 Å². The van der Waals surface area contributed by atoms with E-state index < -0.39 is 13.2 Å². The first kappa shape index (κ1) is 24.1. The molecule has 0 fully saturated rings. The van der Waals surface area contributed by atoms with Crippen molar-refractivity contribution in [3.8, 4) is 0 Å². The SMILES string of the molecule is O=C(NC(=C(Cl)Cl)[P+](c1ccccc1)(c1ccccc1)c1ccccc1)c1ccco1.[Cl-]. The lowest BCUT2D eigenvalue weighted by atomic mass is 10.4. The van der Waals surface area contributed by atoms with E-state index in [0.29, 0.717) is 5.44 Å². The Morgan fingerprint density at radius 3 is 1.47 bits per heavy atom. The lowest BCUT2D eigenvalue weighted by Gasteiger charge is -2.29. The summed E-state index contributed by atoms with van der Waals surface area (Å²) in [5, 5.41) is 6.03. The number of halogens is 3. The van der Waals surface area contributed by atoms with Crippen LogP contribution in [0.25, 0.3) is 0 Å². The summed E-state index contributed by atoms with van der Waals surface area (Å²) in [6, 6.07) is 33.3. The fourth-order valence-electron chi connectivity index (χ4n) is 3.62. The van der Waals surface area contributed by atoms with Crippen molar-refractivity contribution in [1.29, 1.82) is 0 Å². The number of hydrogen-bond acceptors (Lipinski definition) is 2. The molecule has 1 amide bonds. The van der Waals surface area contributed by atoms with Crippen molar-refractivity contribution in [3.05, 3.63) is 125 Å². The first-order valence-electron chi connectivity index (χ1n) is 9.60. The molecule has 1 aromatic heterocycles. The Morgan fingerprint density at radius 1 is 0.688 bits per heavy atom. The van der Waals surface area contributed by atoms with Crippen molar-refractivity contribution in [2.75, 3.05) is 0 Å². The van der Waals surface area contributed by atoms with E-state index in [1.807, 2.05) is 91.0 Å². The molecule has 4 aromatic rings. The fourth-order valence-corrected chi connectivity index (χ4v) is 8.53. The van der Waals surface area contributed by atoms with Crippen LogP contribution in [-0.2, 0) is 0 Å². The summed E-state index contributed by atoms with van der Waals surface area (Å²) in [4.78, 5) is 13.0. The van der Waals surface area contributed by atoms with Gasteiger partial charge in [0.1, 0.15) is 15.9 Å². The van der Waals surface area contributed by atoms with Gasteiger partial charge in [0.25, 0.3) is 5.91 Å². The Labute approximate surface area is 203 Å². The molecule has 4 rings (SSSR count). The van der Waals surface area contributed by atoms with Gasteiger partial charge in [0, 0.05) is 0 Å². The summed E-state index contributed by atoms with van der Waals surface area (Å²) in [6.07, 6.45) is 1.45. The number of rotatable bonds is 6. The maximum absolute atomic E-state index is 13.0. The number of carbonyl (C=O) groups excluding carboxylic acids is 1. The lowest BCUT2D eigenvalue weighted by molar-refractivity contribution is -0.0000141. The zero-order valence-corrected chi connectivity index (χ0v) is 20.0. The maximum atomic E-state index is 13.0. The summed E-state index contributed by atoms with van der Waals surface area (Å²) >= 11 is 13.0. The van der Waals surface area contributed by atoms with Gasteiger partial charge in [-0.3, -0.25) is 10.1 Å². The Morgan fingerprint density at radius 2 is 1.12 bits per heavy atom. The van der Waals surface area contributed by atoms with Crippen LogP contribution in [0.3, 0.4) is 0 Å². The molecule has 0 bridgehead atoms. The van der Waals surface area contributed by atoms with Crippen LogP contribution in [0.1, 0.15) is 10.6 Å². The average molecular weight is 503 g/mol. The van der Waals surface area contributed by atoms with Crippen molar-refractivity contribution >= 4 is 52.3 Å². The van der Waals surface area contributed by atoms with Crippen LogP contribution in [0.2, 0.25) is 0 Å². The molecule has 0 aliphatic rings. The summed E-state index contributed by atoms with van der Waals surface area (Å²) in [5.74, 6) is -0.231. The molecule has 0 saturated carbocycles. The Bertz CT molecular complexity index is 1080. The molecule has 0 aliphatic heterocycles. The van der Waals surface area contributed by atoms with E-state index in [-0.39, 0.29) is 22.7 Å². The highest BCUT2D eigenvalue weighted by atomic mass is 35.5. The van der Waals surface area contributed by atoms with Crippen molar-refractivity contribution in [1.82, 2.24) is 5.32 Å². The van der Waals surface area contributed by atoms with Crippen LogP contribution in [0.15, 0.2) is 124 Å². The second-order valence-electron chi connectivity index (χ2n) is 6.72. The molecular weight excluding hydrogens is 484 g/mol. The monoisotopic (exact) mass is 501 g/mol. The van der Waals surface area contributed by atoms with Gasteiger partial charge in [-0.05, 0) is 48.5 Å². The molecule has 0 aliphatic carbocycles. The summed E-state index contributed by atoms with van der Waals surface area (Å²) in [5.41, 5.74) is 0.459. The van der Waals surface area contributed by atoms with Gasteiger partial charge in [-0.25, -0.2) is 0 Å². The number of benzene rings is 3. The minimum absolute atomic E-state index is 0. The minimum Gasteiger partial charge on any atom is -1.00 e. The zero-order valence-electron chi connectivity index (χ0n) is 16.8. The van der Waals surface area contributed by atoms with Crippen molar-refractivity contribution < 1.29 is 21.6 Å². The quantitative estimate of drug-likeness (QED) is 0.412. The van der Waals surface area contributed by atoms with Crippen molar-refractivity contribution in [2.24, 2.45) is 0 Å². The zero-order chi connectivity index (χ0) is 21.7. The van der Waals surface area contributed by atoms with E-state index in [0.717, 1.165) is 15.9 Å². The largest absolute Gasteiger partial charge is 1.00 e. The van der Waals surface area contributed by atoms with E-state index >= 15 is 0 Å². The third-order valence-corrected chi connectivity index (χ3v) is 9.79. The number of amides is 1. The molecule has 162 valence electrons. The first-order valence-corrected chi connectivity index (χ1v) is 12.1. The van der Waals surface area contributed by atoms with Gasteiger partial charge in [0.05, 0.1) is 6.26 Å².